The van der Waals surface area contributed by atoms with Crippen LogP contribution in [0.5, 0.6) is 0 Å². The van der Waals surface area contributed by atoms with Crippen molar-refractivity contribution in [2.75, 3.05) is 7.05 Å². The van der Waals surface area contributed by atoms with Gasteiger partial charge in [0.2, 0.25) is 0 Å². The highest BCUT2D eigenvalue weighted by Gasteiger charge is 1.92. The second-order valence-electron chi connectivity index (χ2n) is 2.83. The average Bonchev–Trinajstić information content (AvgIpc) is 2.18. The van der Waals surface area contributed by atoms with E-state index < -0.39 is 0 Å². The van der Waals surface area contributed by atoms with Gasteiger partial charge in [0.05, 0.1) is 5.69 Å². The van der Waals surface area contributed by atoms with Crippen LogP contribution in [0.1, 0.15) is 0 Å². The largest absolute Gasteiger partial charge is 0.192 e. The van der Waals surface area contributed by atoms with Crippen LogP contribution in [0, 0.1) is 0 Å². The van der Waals surface area contributed by atoms with Crippen LogP contribution in [0.2, 0.25) is 0 Å². The fourth-order valence-corrected chi connectivity index (χ4v) is 1.35. The lowest BCUT2D eigenvalue weighted by molar-refractivity contribution is 1.17. The highest BCUT2D eigenvalue weighted by atomic mass is 15.1. The Morgan fingerprint density at radius 1 is 0.923 bits per heavy atom. The molecule has 0 unspecified atom stereocenters. The van der Waals surface area contributed by atoms with Crippen molar-refractivity contribution in [2.24, 2.45) is 10.2 Å². The van der Waals surface area contributed by atoms with E-state index in [9.17, 15) is 0 Å². The van der Waals surface area contributed by atoms with E-state index in [0.717, 1.165) is 5.69 Å². The van der Waals surface area contributed by atoms with Gasteiger partial charge in [-0.3, -0.25) is 0 Å². The molecule has 2 aromatic rings. The van der Waals surface area contributed by atoms with Crippen molar-refractivity contribution in [1.82, 2.24) is 0 Å². The Balaban J connectivity index is 2.62. The zero-order valence-electron chi connectivity index (χ0n) is 7.44. The summed E-state index contributed by atoms with van der Waals surface area (Å²) in [5.74, 6) is 0. The number of fused-ring (bicyclic) bond motifs is 1. The molecule has 13 heavy (non-hydrogen) atoms. The summed E-state index contributed by atoms with van der Waals surface area (Å²) in [6.07, 6.45) is 0. The smallest absolute Gasteiger partial charge is 0.0858 e. The molecule has 0 bridgehead atoms. The van der Waals surface area contributed by atoms with Crippen LogP contribution >= 0.6 is 0 Å². The fraction of sp³-hybridized carbons (Fsp3) is 0.0909. The van der Waals surface area contributed by atoms with E-state index in [2.05, 4.69) is 28.4 Å². The van der Waals surface area contributed by atoms with Gasteiger partial charge in [0.15, 0.2) is 0 Å². The van der Waals surface area contributed by atoms with E-state index in [1.807, 2.05) is 24.3 Å². The van der Waals surface area contributed by atoms with Crippen molar-refractivity contribution in [3.05, 3.63) is 42.5 Å². The lowest BCUT2D eigenvalue weighted by Crippen LogP contribution is -1.70. The van der Waals surface area contributed by atoms with Crippen molar-refractivity contribution in [1.29, 1.82) is 0 Å². The number of azo groups is 1. The van der Waals surface area contributed by atoms with Gasteiger partial charge in [0, 0.05) is 7.05 Å². The minimum absolute atomic E-state index is 0.904. The van der Waals surface area contributed by atoms with Crippen molar-refractivity contribution in [3.63, 3.8) is 0 Å². The van der Waals surface area contributed by atoms with Gasteiger partial charge in [-0.25, -0.2) is 0 Å². The van der Waals surface area contributed by atoms with Gasteiger partial charge in [-0.2, -0.15) is 10.2 Å². The summed E-state index contributed by atoms with van der Waals surface area (Å²) in [6.45, 7) is 0. The summed E-state index contributed by atoms with van der Waals surface area (Å²) in [4.78, 5) is 0. The number of hydrogen-bond acceptors (Lipinski definition) is 2. The molecule has 0 spiro atoms. The number of benzene rings is 2. The molecule has 0 saturated heterocycles. The first-order valence-corrected chi connectivity index (χ1v) is 4.19. The minimum Gasteiger partial charge on any atom is -0.192 e. The third kappa shape index (κ3) is 1.56. The van der Waals surface area contributed by atoms with Gasteiger partial charge in [0.25, 0.3) is 0 Å². The summed E-state index contributed by atoms with van der Waals surface area (Å²) in [6, 6.07) is 14.3. The highest BCUT2D eigenvalue weighted by molar-refractivity contribution is 5.84. The molecule has 0 aliphatic carbocycles. The zero-order valence-corrected chi connectivity index (χ0v) is 7.44. The molecule has 0 N–H and O–H groups in total. The Hall–Kier alpha value is -1.70. The molecular weight excluding hydrogens is 160 g/mol. The lowest BCUT2D eigenvalue weighted by Gasteiger charge is -1.97. The first-order chi connectivity index (χ1) is 6.40. The van der Waals surface area contributed by atoms with Gasteiger partial charge >= 0.3 is 0 Å². The van der Waals surface area contributed by atoms with Crippen LogP contribution in [-0.2, 0) is 0 Å². The Labute approximate surface area is 76.9 Å². The molecule has 2 aromatic carbocycles. The monoisotopic (exact) mass is 170 g/mol. The summed E-state index contributed by atoms with van der Waals surface area (Å²) in [5, 5.41) is 10.2. The predicted octanol–water partition coefficient (Wildman–Crippen LogP) is 3.55. The maximum Gasteiger partial charge on any atom is 0.0858 e. The van der Waals surface area contributed by atoms with Gasteiger partial charge in [-0.1, -0.05) is 30.3 Å². The average molecular weight is 170 g/mol. The number of rotatable bonds is 1. The third-order valence-corrected chi connectivity index (χ3v) is 1.95. The molecule has 2 nitrogen and oxygen atoms in total. The summed E-state index contributed by atoms with van der Waals surface area (Å²) in [5.41, 5.74) is 0.904. The second kappa shape index (κ2) is 3.35. The van der Waals surface area contributed by atoms with Crippen molar-refractivity contribution in [3.8, 4) is 0 Å². The Morgan fingerprint density at radius 3 is 2.46 bits per heavy atom. The van der Waals surface area contributed by atoms with E-state index in [-0.39, 0.29) is 0 Å². The van der Waals surface area contributed by atoms with E-state index >= 15 is 0 Å². The highest BCUT2D eigenvalue weighted by Crippen LogP contribution is 2.20. The van der Waals surface area contributed by atoms with E-state index in [1.165, 1.54) is 10.8 Å². The summed E-state index contributed by atoms with van der Waals surface area (Å²) < 4.78 is 0. The Bertz CT molecular complexity index is 447. The maximum absolute atomic E-state index is 3.98. The van der Waals surface area contributed by atoms with Crippen LogP contribution in [0.3, 0.4) is 0 Å². The molecule has 64 valence electrons. The van der Waals surface area contributed by atoms with Gasteiger partial charge in [0.1, 0.15) is 0 Å². The molecular formula is C11H10N2. The van der Waals surface area contributed by atoms with Crippen molar-refractivity contribution >= 4 is 16.5 Å². The molecule has 0 aliphatic rings. The van der Waals surface area contributed by atoms with Gasteiger partial charge < -0.3 is 0 Å². The van der Waals surface area contributed by atoms with Crippen molar-refractivity contribution in [2.45, 2.75) is 0 Å². The zero-order chi connectivity index (χ0) is 9.10. The third-order valence-electron chi connectivity index (χ3n) is 1.95. The van der Waals surface area contributed by atoms with Crippen molar-refractivity contribution < 1.29 is 0 Å². The predicted molar refractivity (Wildman–Crippen MR) is 54.4 cm³/mol. The Morgan fingerprint density at radius 2 is 1.69 bits per heavy atom. The molecule has 0 saturated carbocycles. The normalized spacial score (nSPS) is 11.2. The molecule has 2 heteroatoms. The van der Waals surface area contributed by atoms with E-state index in [0.29, 0.717) is 0 Å². The van der Waals surface area contributed by atoms with Gasteiger partial charge in [-0.05, 0) is 22.9 Å². The molecule has 0 aromatic heterocycles. The van der Waals surface area contributed by atoms with Crippen LogP contribution in [0.15, 0.2) is 52.7 Å². The Kier molecular flexibility index (Phi) is 2.04. The first kappa shape index (κ1) is 7.92. The fourth-order valence-electron chi connectivity index (χ4n) is 1.35. The van der Waals surface area contributed by atoms with E-state index in [1.54, 1.807) is 7.05 Å². The van der Waals surface area contributed by atoms with E-state index in [4.69, 9.17) is 0 Å². The first-order valence-electron chi connectivity index (χ1n) is 4.19. The molecule has 0 atom stereocenters. The maximum atomic E-state index is 3.98. The van der Waals surface area contributed by atoms with Crippen LogP contribution < -0.4 is 0 Å². The van der Waals surface area contributed by atoms with Crippen LogP contribution in [0.25, 0.3) is 10.8 Å². The lowest BCUT2D eigenvalue weighted by atomic mass is 10.1. The molecule has 0 aliphatic heterocycles. The number of hydrogen-bond donors (Lipinski definition) is 0. The molecule has 0 amide bonds. The summed E-state index contributed by atoms with van der Waals surface area (Å²) >= 11 is 0. The number of nitrogens with zero attached hydrogens (tertiary/aromatic N) is 2. The topological polar surface area (TPSA) is 24.7 Å². The molecule has 2 rings (SSSR count). The van der Waals surface area contributed by atoms with Crippen LogP contribution in [0.4, 0.5) is 5.69 Å². The minimum atomic E-state index is 0.904. The molecule has 0 heterocycles. The molecule has 0 radical (unpaired) electrons. The van der Waals surface area contributed by atoms with Gasteiger partial charge in [-0.15, -0.1) is 0 Å². The molecule has 0 fully saturated rings. The van der Waals surface area contributed by atoms with Crippen LogP contribution in [-0.4, -0.2) is 7.05 Å². The summed E-state index contributed by atoms with van der Waals surface area (Å²) in [7, 11) is 1.68. The second-order valence-corrected chi connectivity index (χ2v) is 2.83. The standard InChI is InChI=1S/C11H10N2/c1-12-13-11-7-6-9-4-2-3-5-10(9)8-11/h2-8H,1H3. The SMILES string of the molecule is CN=Nc1ccc2ccccc2c1. The quantitative estimate of drug-likeness (QED) is 0.585.